The molecule has 1 aliphatic rings. The molecular formula is C15H21Cl2FN2O2. The van der Waals surface area contributed by atoms with E-state index in [0.29, 0.717) is 6.42 Å². The quantitative estimate of drug-likeness (QED) is 0.763. The molecule has 0 aliphatic heterocycles. The van der Waals surface area contributed by atoms with Gasteiger partial charge in [-0.15, -0.1) is 12.4 Å². The molecule has 1 saturated carbocycles. The van der Waals surface area contributed by atoms with E-state index in [0.717, 1.165) is 19.3 Å². The zero-order valence-electron chi connectivity index (χ0n) is 12.1. The number of rotatable bonds is 5. The van der Waals surface area contributed by atoms with Gasteiger partial charge < -0.3 is 16.2 Å². The Morgan fingerprint density at radius 2 is 2.23 bits per heavy atom. The normalized spacial score (nSPS) is 22.0. The first-order valence-corrected chi connectivity index (χ1v) is 7.51. The van der Waals surface area contributed by atoms with E-state index in [9.17, 15) is 14.3 Å². The molecule has 1 amide bonds. The second-order valence-electron chi connectivity index (χ2n) is 5.51. The Kier molecular flexibility index (Phi) is 7.56. The minimum absolute atomic E-state index is 0. The minimum atomic E-state index is -1.17. The molecule has 0 aromatic heterocycles. The fraction of sp³-hybridized carbons (Fsp3) is 0.533. The van der Waals surface area contributed by atoms with Crippen LogP contribution < -0.4 is 11.1 Å². The summed E-state index contributed by atoms with van der Waals surface area (Å²) in [6, 6.07) is 4.27. The molecule has 0 radical (unpaired) electrons. The zero-order valence-corrected chi connectivity index (χ0v) is 13.7. The minimum Gasteiger partial charge on any atom is -0.386 e. The number of aliphatic hydroxyl groups excluding tert-OH is 1. The van der Waals surface area contributed by atoms with Crippen molar-refractivity contribution in [1.29, 1.82) is 0 Å². The van der Waals surface area contributed by atoms with Crippen LogP contribution in [0.5, 0.6) is 0 Å². The van der Waals surface area contributed by atoms with Crippen molar-refractivity contribution in [3.8, 4) is 0 Å². The Labute approximate surface area is 140 Å². The number of hydrogen-bond donors (Lipinski definition) is 3. The van der Waals surface area contributed by atoms with Gasteiger partial charge in [0.15, 0.2) is 0 Å². The number of carbonyl (C=O) groups is 1. The van der Waals surface area contributed by atoms with Crippen molar-refractivity contribution in [2.24, 2.45) is 11.7 Å². The first kappa shape index (κ1) is 19.2. The lowest BCUT2D eigenvalue weighted by atomic mass is 10.00. The number of hydrogen-bond acceptors (Lipinski definition) is 3. The van der Waals surface area contributed by atoms with Crippen LogP contribution in [0.4, 0.5) is 4.39 Å². The lowest BCUT2D eigenvalue weighted by Gasteiger charge is -2.17. The summed E-state index contributed by atoms with van der Waals surface area (Å²) >= 11 is 5.87. The second-order valence-corrected chi connectivity index (χ2v) is 5.92. The first-order chi connectivity index (χ1) is 9.99. The van der Waals surface area contributed by atoms with E-state index in [1.165, 1.54) is 18.2 Å². The van der Waals surface area contributed by atoms with Gasteiger partial charge in [-0.25, -0.2) is 4.39 Å². The first-order valence-electron chi connectivity index (χ1n) is 7.13. The molecule has 1 fully saturated rings. The Morgan fingerprint density at radius 3 is 2.82 bits per heavy atom. The van der Waals surface area contributed by atoms with Gasteiger partial charge in [0.05, 0.1) is 0 Å². The summed E-state index contributed by atoms with van der Waals surface area (Å²) in [6.45, 7) is -0.0680. The van der Waals surface area contributed by atoms with Crippen molar-refractivity contribution < 1.29 is 14.3 Å². The Balaban J connectivity index is 0.00000242. The SMILES string of the molecule is Cl.N[C@@H]1CCC[C@H]1CC(=O)NCC(O)c1c(F)cccc1Cl. The number of nitrogens with two attached hydrogens (primary N) is 1. The average Bonchev–Trinajstić information content (AvgIpc) is 2.82. The Hall–Kier alpha value is -0.880. The maximum atomic E-state index is 13.6. The molecule has 7 heteroatoms. The second kappa shape index (κ2) is 8.67. The van der Waals surface area contributed by atoms with Gasteiger partial charge in [0.1, 0.15) is 11.9 Å². The van der Waals surface area contributed by atoms with Crippen molar-refractivity contribution in [2.45, 2.75) is 37.8 Å². The summed E-state index contributed by atoms with van der Waals surface area (Å²) in [5.41, 5.74) is 5.93. The summed E-state index contributed by atoms with van der Waals surface area (Å²) < 4.78 is 13.6. The molecule has 22 heavy (non-hydrogen) atoms. The molecule has 4 nitrogen and oxygen atoms in total. The largest absolute Gasteiger partial charge is 0.386 e. The van der Waals surface area contributed by atoms with Gasteiger partial charge in [-0.3, -0.25) is 4.79 Å². The molecule has 1 aliphatic carbocycles. The third kappa shape index (κ3) is 4.81. The number of halogens is 3. The summed E-state index contributed by atoms with van der Waals surface area (Å²) in [4.78, 5) is 11.8. The number of aliphatic hydroxyl groups is 1. The van der Waals surface area contributed by atoms with Crippen LogP contribution in [0.3, 0.4) is 0 Å². The predicted octanol–water partition coefficient (Wildman–Crippen LogP) is 2.57. The monoisotopic (exact) mass is 350 g/mol. The predicted molar refractivity (Wildman–Crippen MR) is 86.6 cm³/mol. The lowest BCUT2D eigenvalue weighted by Crippen LogP contribution is -2.33. The van der Waals surface area contributed by atoms with Crippen LogP contribution >= 0.6 is 24.0 Å². The van der Waals surface area contributed by atoms with Crippen LogP contribution in [0.15, 0.2) is 18.2 Å². The molecule has 1 unspecified atom stereocenters. The molecule has 0 heterocycles. The van der Waals surface area contributed by atoms with Crippen LogP contribution in [-0.4, -0.2) is 23.6 Å². The standard InChI is InChI=1S/C15H20ClFN2O2.ClH/c16-10-4-2-5-11(17)15(10)13(20)8-19-14(21)7-9-3-1-6-12(9)18;/h2,4-5,9,12-13,20H,1,3,6-8,18H2,(H,19,21);1H/t9-,12+,13?;/m0./s1. The van der Waals surface area contributed by atoms with Crippen LogP contribution in [-0.2, 0) is 4.79 Å². The summed E-state index contributed by atoms with van der Waals surface area (Å²) in [7, 11) is 0. The van der Waals surface area contributed by atoms with Gasteiger partial charge in [0, 0.05) is 29.6 Å². The van der Waals surface area contributed by atoms with Gasteiger partial charge in [-0.05, 0) is 30.9 Å². The fourth-order valence-corrected chi connectivity index (χ4v) is 3.06. The molecule has 4 N–H and O–H groups in total. The molecule has 1 aromatic rings. The summed E-state index contributed by atoms with van der Waals surface area (Å²) in [5, 5.41) is 12.7. The number of nitrogens with one attached hydrogen (secondary N) is 1. The van der Waals surface area contributed by atoms with Gasteiger partial charge in [0.2, 0.25) is 5.91 Å². The summed E-state index contributed by atoms with van der Waals surface area (Å²) in [6.07, 6.45) is 2.13. The van der Waals surface area contributed by atoms with E-state index in [-0.39, 0.29) is 47.4 Å². The van der Waals surface area contributed by atoms with Gasteiger partial charge in [0.25, 0.3) is 0 Å². The van der Waals surface area contributed by atoms with Crippen molar-refractivity contribution in [2.75, 3.05) is 6.54 Å². The van der Waals surface area contributed by atoms with Crippen molar-refractivity contribution in [1.82, 2.24) is 5.32 Å². The van der Waals surface area contributed by atoms with Gasteiger partial charge in [-0.1, -0.05) is 24.1 Å². The van der Waals surface area contributed by atoms with Crippen molar-refractivity contribution in [3.63, 3.8) is 0 Å². The van der Waals surface area contributed by atoms with Crippen LogP contribution in [0, 0.1) is 11.7 Å². The van der Waals surface area contributed by atoms with Crippen LogP contribution in [0.1, 0.15) is 37.4 Å². The van der Waals surface area contributed by atoms with Gasteiger partial charge in [-0.2, -0.15) is 0 Å². The maximum Gasteiger partial charge on any atom is 0.220 e. The van der Waals surface area contributed by atoms with Crippen LogP contribution in [0.25, 0.3) is 0 Å². The zero-order chi connectivity index (χ0) is 15.4. The average molecular weight is 351 g/mol. The Bertz CT molecular complexity index is 496. The molecule has 0 spiro atoms. The van der Waals surface area contributed by atoms with Crippen molar-refractivity contribution >= 4 is 29.9 Å². The van der Waals surface area contributed by atoms with E-state index >= 15 is 0 Å². The molecular weight excluding hydrogens is 330 g/mol. The number of benzene rings is 1. The number of amides is 1. The molecule has 0 bridgehead atoms. The lowest BCUT2D eigenvalue weighted by molar-refractivity contribution is -0.122. The van der Waals surface area contributed by atoms with E-state index in [1.54, 1.807) is 0 Å². The van der Waals surface area contributed by atoms with Crippen LogP contribution in [0.2, 0.25) is 5.02 Å². The molecule has 2 rings (SSSR count). The third-order valence-electron chi connectivity index (χ3n) is 3.99. The summed E-state index contributed by atoms with van der Waals surface area (Å²) in [5.74, 6) is -0.565. The highest BCUT2D eigenvalue weighted by Gasteiger charge is 2.26. The third-order valence-corrected chi connectivity index (χ3v) is 4.32. The maximum absolute atomic E-state index is 13.6. The smallest absolute Gasteiger partial charge is 0.220 e. The highest BCUT2D eigenvalue weighted by molar-refractivity contribution is 6.31. The number of carbonyl (C=O) groups excluding carboxylic acids is 1. The molecule has 3 atom stereocenters. The molecule has 124 valence electrons. The fourth-order valence-electron chi connectivity index (χ4n) is 2.77. The van der Waals surface area contributed by atoms with Crippen molar-refractivity contribution in [3.05, 3.63) is 34.6 Å². The van der Waals surface area contributed by atoms with E-state index in [4.69, 9.17) is 17.3 Å². The van der Waals surface area contributed by atoms with Gasteiger partial charge >= 0.3 is 0 Å². The topological polar surface area (TPSA) is 75.4 Å². The molecule has 0 saturated heterocycles. The Morgan fingerprint density at radius 1 is 1.50 bits per heavy atom. The van der Waals surface area contributed by atoms with E-state index < -0.39 is 11.9 Å². The molecule has 1 aromatic carbocycles. The highest BCUT2D eigenvalue weighted by Crippen LogP contribution is 2.27. The van der Waals surface area contributed by atoms with E-state index in [2.05, 4.69) is 5.32 Å². The van der Waals surface area contributed by atoms with E-state index in [1.807, 2.05) is 0 Å². The highest BCUT2D eigenvalue weighted by atomic mass is 35.5.